The van der Waals surface area contributed by atoms with Crippen LogP contribution in [0.4, 0.5) is 5.69 Å². The largest absolute Gasteiger partial charge is 0.362 e. The zero-order valence-electron chi connectivity index (χ0n) is 19.1. The molecule has 0 bridgehead atoms. The summed E-state index contributed by atoms with van der Waals surface area (Å²) in [6.07, 6.45) is 5.17. The van der Waals surface area contributed by atoms with Gasteiger partial charge in [0.25, 0.3) is 0 Å². The monoisotopic (exact) mass is 376 g/mol. The number of nitrogens with zero attached hydrogens (tertiary/aromatic N) is 1. The highest BCUT2D eigenvalue weighted by molar-refractivity contribution is 5.92. The molecule has 1 aliphatic rings. The van der Waals surface area contributed by atoms with Gasteiger partial charge in [0.05, 0.1) is 5.52 Å². The second-order valence-corrected chi connectivity index (χ2v) is 7.40. The molecule has 1 aromatic heterocycles. The molecule has 2 heterocycles. The third kappa shape index (κ3) is 3.87. The van der Waals surface area contributed by atoms with Crippen LogP contribution in [0.25, 0.3) is 10.9 Å². The van der Waals surface area contributed by atoms with Gasteiger partial charge in [-0.25, -0.2) is 0 Å². The molecule has 0 aliphatic carbocycles. The van der Waals surface area contributed by atoms with Gasteiger partial charge < -0.3 is 9.88 Å². The van der Waals surface area contributed by atoms with E-state index in [-0.39, 0.29) is 0 Å². The number of aromatic nitrogens is 1. The molecule has 2 aromatic carbocycles. The number of rotatable bonds is 0. The lowest BCUT2D eigenvalue weighted by atomic mass is 9.94. The molecule has 4 rings (SSSR count). The molecule has 0 unspecified atom stereocenters. The van der Waals surface area contributed by atoms with E-state index >= 15 is 0 Å². The standard InChI is InChI=1S/C15H21N.C9H9N.C2H6/c1-8-9(2)11(4)15-14(10(8)3)12(5)13(6)16(15)7;1-2-6-9-8(4-1)5-3-7-10-9;1-2/h1-7H3;1-4,6-7,10H,5H2;1-2H3. The molecule has 3 aromatic rings. The van der Waals surface area contributed by atoms with Crippen LogP contribution >= 0.6 is 0 Å². The number of anilines is 1. The van der Waals surface area contributed by atoms with E-state index in [0.29, 0.717) is 0 Å². The summed E-state index contributed by atoms with van der Waals surface area (Å²) in [6.45, 7) is 17.4. The Morgan fingerprint density at radius 2 is 1.39 bits per heavy atom. The fraction of sp³-hybridized carbons (Fsp3) is 0.385. The number of nitrogens with one attached hydrogen (secondary N) is 1. The van der Waals surface area contributed by atoms with E-state index < -0.39 is 0 Å². The first-order valence-corrected chi connectivity index (χ1v) is 10.4. The molecule has 0 saturated heterocycles. The van der Waals surface area contributed by atoms with Crippen LogP contribution in [0.15, 0.2) is 36.5 Å². The summed E-state index contributed by atoms with van der Waals surface area (Å²) in [5.74, 6) is 0. The van der Waals surface area contributed by atoms with E-state index in [1.807, 2.05) is 26.1 Å². The van der Waals surface area contributed by atoms with Crippen LogP contribution in [0.5, 0.6) is 0 Å². The minimum atomic E-state index is 1.06. The smallest absolute Gasteiger partial charge is 0.0517 e. The van der Waals surface area contributed by atoms with E-state index in [2.05, 4.69) is 82.7 Å². The first kappa shape index (κ1) is 21.8. The summed E-state index contributed by atoms with van der Waals surface area (Å²) in [7, 11) is 2.17. The van der Waals surface area contributed by atoms with Crippen LogP contribution in [0.1, 0.15) is 52.9 Å². The molecule has 1 aliphatic heterocycles. The molecule has 2 nitrogen and oxygen atoms in total. The molecule has 0 amide bonds. The summed E-state index contributed by atoms with van der Waals surface area (Å²) in [5.41, 5.74) is 12.6. The first-order valence-electron chi connectivity index (χ1n) is 10.4. The second-order valence-electron chi connectivity index (χ2n) is 7.40. The summed E-state index contributed by atoms with van der Waals surface area (Å²) in [5, 5.41) is 4.64. The quantitative estimate of drug-likeness (QED) is 0.438. The van der Waals surface area contributed by atoms with Crippen LogP contribution in [0.2, 0.25) is 0 Å². The van der Waals surface area contributed by atoms with E-state index in [1.165, 1.54) is 55.7 Å². The Morgan fingerprint density at radius 3 is 2.04 bits per heavy atom. The van der Waals surface area contributed by atoms with Crippen LogP contribution in [-0.2, 0) is 13.5 Å². The number of hydrogen-bond acceptors (Lipinski definition) is 1. The van der Waals surface area contributed by atoms with Gasteiger partial charge in [0.15, 0.2) is 0 Å². The third-order valence-corrected chi connectivity index (χ3v) is 6.12. The van der Waals surface area contributed by atoms with Crippen molar-refractivity contribution in [3.05, 3.63) is 75.6 Å². The molecule has 0 radical (unpaired) electrons. The molecule has 0 saturated carbocycles. The average molecular weight is 377 g/mol. The highest BCUT2D eigenvalue weighted by atomic mass is 14.9. The number of hydrogen-bond donors (Lipinski definition) is 1. The summed E-state index contributed by atoms with van der Waals surface area (Å²) in [6, 6.07) is 8.36. The summed E-state index contributed by atoms with van der Waals surface area (Å²) < 4.78 is 2.33. The number of benzene rings is 2. The highest BCUT2D eigenvalue weighted by Crippen LogP contribution is 2.34. The fourth-order valence-electron chi connectivity index (χ4n) is 3.94. The minimum Gasteiger partial charge on any atom is -0.362 e. The number of para-hydroxylation sites is 1. The molecule has 150 valence electrons. The summed E-state index contributed by atoms with van der Waals surface area (Å²) >= 11 is 0. The molecule has 0 spiro atoms. The molecule has 0 atom stereocenters. The summed E-state index contributed by atoms with van der Waals surface area (Å²) in [4.78, 5) is 0. The van der Waals surface area contributed by atoms with Crippen LogP contribution in [0.3, 0.4) is 0 Å². The average Bonchev–Trinajstić information content (AvgIpc) is 2.97. The topological polar surface area (TPSA) is 17.0 Å². The lowest BCUT2D eigenvalue weighted by Gasteiger charge is -2.12. The van der Waals surface area contributed by atoms with Gasteiger partial charge in [0.1, 0.15) is 0 Å². The zero-order valence-corrected chi connectivity index (χ0v) is 19.1. The van der Waals surface area contributed by atoms with Crippen molar-refractivity contribution in [1.82, 2.24) is 4.57 Å². The Labute approximate surface area is 171 Å². The molecule has 2 heteroatoms. The maximum atomic E-state index is 3.18. The van der Waals surface area contributed by atoms with Gasteiger partial charge in [-0.2, -0.15) is 0 Å². The van der Waals surface area contributed by atoms with Gasteiger partial charge in [-0.05, 0) is 93.6 Å². The van der Waals surface area contributed by atoms with Crippen molar-refractivity contribution in [2.45, 2.75) is 61.8 Å². The van der Waals surface area contributed by atoms with Gasteiger partial charge in [-0.3, -0.25) is 0 Å². The maximum Gasteiger partial charge on any atom is 0.0517 e. The second kappa shape index (κ2) is 9.14. The van der Waals surface area contributed by atoms with Gasteiger partial charge >= 0.3 is 0 Å². The van der Waals surface area contributed by atoms with Gasteiger partial charge in [-0.15, -0.1) is 0 Å². The Morgan fingerprint density at radius 1 is 0.786 bits per heavy atom. The first-order chi connectivity index (χ1) is 13.3. The van der Waals surface area contributed by atoms with E-state index in [9.17, 15) is 0 Å². The van der Waals surface area contributed by atoms with Gasteiger partial charge in [-0.1, -0.05) is 38.1 Å². The SMILES string of the molecule is C1=CNc2ccccc2C1.CC.Cc1c(C)c(C)c2c(c1C)c(C)c(C)n2C. The molecular weight excluding hydrogens is 340 g/mol. The normalized spacial score (nSPS) is 11.8. The molecular formula is C26H36N2. The van der Waals surface area contributed by atoms with Crippen LogP contribution < -0.4 is 5.32 Å². The van der Waals surface area contributed by atoms with Crippen LogP contribution in [-0.4, -0.2) is 4.57 Å². The Hall–Kier alpha value is -2.48. The van der Waals surface area contributed by atoms with Gasteiger partial charge in [0.2, 0.25) is 0 Å². The third-order valence-electron chi connectivity index (χ3n) is 6.12. The minimum absolute atomic E-state index is 1.06. The Balaban J connectivity index is 0.000000200. The lowest BCUT2D eigenvalue weighted by Crippen LogP contribution is -1.98. The Kier molecular flexibility index (Phi) is 7.12. The number of aryl methyl sites for hydroxylation is 4. The predicted molar refractivity (Wildman–Crippen MR) is 126 cm³/mol. The van der Waals surface area contributed by atoms with Crippen molar-refractivity contribution in [2.24, 2.45) is 7.05 Å². The predicted octanol–water partition coefficient (Wildman–Crippen LogP) is 7.22. The van der Waals surface area contributed by atoms with Crippen molar-refractivity contribution < 1.29 is 0 Å². The van der Waals surface area contributed by atoms with Crippen molar-refractivity contribution in [3.8, 4) is 0 Å². The maximum absolute atomic E-state index is 3.18. The Bertz CT molecular complexity index is 925. The van der Waals surface area contributed by atoms with Crippen molar-refractivity contribution >= 4 is 16.6 Å². The zero-order chi connectivity index (χ0) is 21.0. The fourth-order valence-corrected chi connectivity index (χ4v) is 3.94. The van der Waals surface area contributed by atoms with Crippen LogP contribution in [0, 0.1) is 41.5 Å². The lowest BCUT2D eigenvalue weighted by molar-refractivity contribution is 0.905. The molecule has 1 N–H and O–H groups in total. The van der Waals surface area contributed by atoms with E-state index in [0.717, 1.165) is 6.42 Å². The highest BCUT2D eigenvalue weighted by Gasteiger charge is 2.16. The van der Waals surface area contributed by atoms with E-state index in [4.69, 9.17) is 0 Å². The molecule has 0 fully saturated rings. The van der Waals surface area contributed by atoms with Gasteiger partial charge in [0, 0.05) is 23.8 Å². The number of allylic oxidation sites excluding steroid dienone is 1. The number of fused-ring (bicyclic) bond motifs is 2. The van der Waals surface area contributed by atoms with Crippen molar-refractivity contribution in [1.29, 1.82) is 0 Å². The molecule has 28 heavy (non-hydrogen) atoms. The van der Waals surface area contributed by atoms with Crippen molar-refractivity contribution in [3.63, 3.8) is 0 Å². The van der Waals surface area contributed by atoms with Crippen molar-refractivity contribution in [2.75, 3.05) is 5.32 Å². The van der Waals surface area contributed by atoms with E-state index in [1.54, 1.807) is 0 Å².